The first kappa shape index (κ1) is 20.5. The highest BCUT2D eigenvalue weighted by Crippen LogP contribution is 2.10. The molecule has 7 nitrogen and oxygen atoms in total. The van der Waals surface area contributed by atoms with Gasteiger partial charge in [0, 0.05) is 13.0 Å². The topological polar surface area (TPSA) is 93.7 Å². The van der Waals surface area contributed by atoms with Gasteiger partial charge in [0.1, 0.15) is 12.3 Å². The van der Waals surface area contributed by atoms with Crippen LogP contribution in [0.15, 0.2) is 24.3 Å². The molecule has 0 radical (unpaired) electrons. The SMILES string of the molecule is COc1ccc(CNC(=O)COC(=O)CNC(=O)CCC(C)C)cc1. The lowest BCUT2D eigenvalue weighted by Crippen LogP contribution is -2.33. The van der Waals surface area contributed by atoms with Crippen LogP contribution in [0.1, 0.15) is 32.3 Å². The standard InChI is InChI=1S/C18H26N2O5/c1-13(2)4-9-16(21)20-11-18(23)25-12-17(22)19-10-14-5-7-15(24-3)8-6-14/h5-8,13H,4,9-12H2,1-3H3,(H,19,22)(H,20,21). The van der Waals surface area contributed by atoms with Crippen LogP contribution in [0, 0.1) is 5.92 Å². The summed E-state index contributed by atoms with van der Waals surface area (Å²) >= 11 is 0. The number of ether oxygens (including phenoxy) is 2. The van der Waals surface area contributed by atoms with Crippen molar-refractivity contribution in [3.05, 3.63) is 29.8 Å². The largest absolute Gasteiger partial charge is 0.497 e. The molecule has 0 fully saturated rings. The zero-order valence-corrected chi connectivity index (χ0v) is 15.0. The first-order valence-corrected chi connectivity index (χ1v) is 8.22. The molecule has 0 atom stereocenters. The molecular formula is C18H26N2O5. The minimum absolute atomic E-state index is 0.199. The highest BCUT2D eigenvalue weighted by atomic mass is 16.5. The number of carbonyl (C=O) groups excluding carboxylic acids is 3. The van der Waals surface area contributed by atoms with Crippen LogP contribution in [-0.2, 0) is 25.7 Å². The van der Waals surface area contributed by atoms with Crippen molar-refractivity contribution in [1.29, 1.82) is 0 Å². The Kier molecular flexibility index (Phi) is 9.06. The molecule has 7 heteroatoms. The summed E-state index contributed by atoms with van der Waals surface area (Å²) in [5.74, 6) is -0.0889. The molecule has 1 rings (SSSR count). The van der Waals surface area contributed by atoms with Crippen LogP contribution in [0.25, 0.3) is 0 Å². The summed E-state index contributed by atoms with van der Waals surface area (Å²) in [6.45, 7) is 3.75. The lowest BCUT2D eigenvalue weighted by atomic mass is 10.1. The van der Waals surface area contributed by atoms with E-state index in [0.717, 1.165) is 17.7 Å². The Morgan fingerprint density at radius 1 is 1.04 bits per heavy atom. The average Bonchev–Trinajstić information content (AvgIpc) is 2.61. The minimum Gasteiger partial charge on any atom is -0.497 e. The maximum absolute atomic E-state index is 11.7. The molecular weight excluding hydrogens is 324 g/mol. The van der Waals surface area contributed by atoms with Crippen molar-refractivity contribution in [1.82, 2.24) is 10.6 Å². The smallest absolute Gasteiger partial charge is 0.325 e. The molecule has 138 valence electrons. The van der Waals surface area contributed by atoms with Crippen molar-refractivity contribution in [3.8, 4) is 5.75 Å². The van der Waals surface area contributed by atoms with Crippen molar-refractivity contribution in [3.63, 3.8) is 0 Å². The summed E-state index contributed by atoms with van der Waals surface area (Å²) < 4.78 is 9.87. The fourth-order valence-corrected chi connectivity index (χ4v) is 1.87. The summed E-state index contributed by atoms with van der Waals surface area (Å²) in [5, 5.41) is 5.12. The Balaban J connectivity index is 2.17. The number of nitrogens with one attached hydrogen (secondary N) is 2. The van der Waals surface area contributed by atoms with Crippen molar-refractivity contribution in [2.24, 2.45) is 5.92 Å². The Hall–Kier alpha value is -2.57. The van der Waals surface area contributed by atoms with E-state index in [0.29, 0.717) is 18.9 Å². The molecule has 0 unspecified atom stereocenters. The van der Waals surface area contributed by atoms with Crippen molar-refractivity contribution in [2.75, 3.05) is 20.3 Å². The van der Waals surface area contributed by atoms with E-state index in [1.54, 1.807) is 19.2 Å². The third-order valence-corrected chi connectivity index (χ3v) is 3.39. The Morgan fingerprint density at radius 3 is 2.32 bits per heavy atom. The number of carbonyl (C=O) groups is 3. The van der Waals surface area contributed by atoms with Crippen LogP contribution in [0.5, 0.6) is 5.75 Å². The van der Waals surface area contributed by atoms with Gasteiger partial charge < -0.3 is 20.1 Å². The van der Waals surface area contributed by atoms with Crippen LogP contribution >= 0.6 is 0 Å². The van der Waals surface area contributed by atoms with Gasteiger partial charge in [0.15, 0.2) is 6.61 Å². The zero-order chi connectivity index (χ0) is 18.7. The molecule has 0 saturated carbocycles. The highest BCUT2D eigenvalue weighted by molar-refractivity contribution is 5.84. The van der Waals surface area contributed by atoms with Crippen molar-refractivity contribution >= 4 is 17.8 Å². The van der Waals surface area contributed by atoms with Crippen LogP contribution < -0.4 is 15.4 Å². The van der Waals surface area contributed by atoms with Gasteiger partial charge >= 0.3 is 5.97 Å². The number of esters is 1. The quantitative estimate of drug-likeness (QED) is 0.622. The van der Waals surface area contributed by atoms with E-state index in [4.69, 9.17) is 9.47 Å². The predicted octanol–water partition coefficient (Wildman–Crippen LogP) is 1.41. The average molecular weight is 350 g/mol. The second-order valence-corrected chi connectivity index (χ2v) is 5.99. The fourth-order valence-electron chi connectivity index (χ4n) is 1.87. The third-order valence-electron chi connectivity index (χ3n) is 3.39. The molecule has 0 aromatic heterocycles. The molecule has 0 aliphatic heterocycles. The van der Waals surface area contributed by atoms with E-state index in [1.807, 2.05) is 26.0 Å². The van der Waals surface area contributed by atoms with Gasteiger partial charge in [-0.2, -0.15) is 0 Å². The zero-order valence-electron chi connectivity index (χ0n) is 15.0. The maximum atomic E-state index is 11.7. The Labute approximate surface area is 148 Å². The van der Waals surface area contributed by atoms with Gasteiger partial charge in [0.2, 0.25) is 5.91 Å². The third kappa shape index (κ3) is 9.34. The molecule has 2 amide bonds. The van der Waals surface area contributed by atoms with E-state index in [9.17, 15) is 14.4 Å². The van der Waals surface area contributed by atoms with Crippen molar-refractivity contribution < 1.29 is 23.9 Å². The van der Waals surface area contributed by atoms with E-state index in [1.165, 1.54) is 0 Å². The van der Waals surface area contributed by atoms with Crippen LogP contribution in [0.3, 0.4) is 0 Å². The van der Waals surface area contributed by atoms with Crippen LogP contribution in [0.2, 0.25) is 0 Å². The number of benzene rings is 1. The van der Waals surface area contributed by atoms with E-state index in [-0.39, 0.29) is 19.1 Å². The summed E-state index contributed by atoms with van der Waals surface area (Å²) in [7, 11) is 1.58. The number of methoxy groups -OCH3 is 1. The molecule has 1 aromatic carbocycles. The van der Waals surface area contributed by atoms with Gasteiger partial charge in [-0.05, 0) is 30.0 Å². The van der Waals surface area contributed by atoms with Gasteiger partial charge in [0.05, 0.1) is 7.11 Å². The molecule has 25 heavy (non-hydrogen) atoms. The molecule has 0 aliphatic carbocycles. The minimum atomic E-state index is -0.641. The second kappa shape index (κ2) is 11.1. The number of hydrogen-bond acceptors (Lipinski definition) is 5. The van der Waals surface area contributed by atoms with Crippen LogP contribution in [0.4, 0.5) is 0 Å². The summed E-state index contributed by atoms with van der Waals surface area (Å²) in [6.07, 6.45) is 1.13. The predicted molar refractivity (Wildman–Crippen MR) is 92.9 cm³/mol. The van der Waals surface area contributed by atoms with E-state index < -0.39 is 11.9 Å². The molecule has 0 saturated heterocycles. The summed E-state index contributed by atoms with van der Waals surface area (Å²) in [4.78, 5) is 34.7. The fraction of sp³-hybridized carbons (Fsp3) is 0.500. The highest BCUT2D eigenvalue weighted by Gasteiger charge is 2.10. The summed E-state index contributed by atoms with van der Waals surface area (Å²) in [6, 6.07) is 7.25. The van der Waals surface area contributed by atoms with E-state index >= 15 is 0 Å². The van der Waals surface area contributed by atoms with E-state index in [2.05, 4.69) is 10.6 Å². The lowest BCUT2D eigenvalue weighted by Gasteiger charge is -2.08. The van der Waals surface area contributed by atoms with Gasteiger partial charge in [-0.15, -0.1) is 0 Å². The molecule has 1 aromatic rings. The van der Waals surface area contributed by atoms with Crippen LogP contribution in [-0.4, -0.2) is 38.0 Å². The summed E-state index contributed by atoms with van der Waals surface area (Å²) in [5.41, 5.74) is 0.901. The Morgan fingerprint density at radius 2 is 1.72 bits per heavy atom. The van der Waals surface area contributed by atoms with Gasteiger partial charge in [-0.1, -0.05) is 26.0 Å². The lowest BCUT2D eigenvalue weighted by molar-refractivity contribution is -0.148. The molecule has 0 heterocycles. The molecule has 0 spiro atoms. The monoisotopic (exact) mass is 350 g/mol. The molecule has 0 bridgehead atoms. The maximum Gasteiger partial charge on any atom is 0.325 e. The second-order valence-electron chi connectivity index (χ2n) is 5.99. The van der Waals surface area contributed by atoms with Crippen molar-refractivity contribution in [2.45, 2.75) is 33.2 Å². The first-order valence-electron chi connectivity index (χ1n) is 8.22. The molecule has 2 N–H and O–H groups in total. The van der Waals surface area contributed by atoms with Gasteiger partial charge in [-0.25, -0.2) is 0 Å². The number of rotatable bonds is 10. The number of amides is 2. The normalized spacial score (nSPS) is 10.2. The van der Waals surface area contributed by atoms with Gasteiger partial charge in [0.25, 0.3) is 5.91 Å². The first-order chi connectivity index (χ1) is 11.9. The molecule has 0 aliphatic rings. The Bertz CT molecular complexity index is 569. The van der Waals surface area contributed by atoms with Gasteiger partial charge in [-0.3, -0.25) is 14.4 Å². The number of hydrogen-bond donors (Lipinski definition) is 2.